The molecule has 1 unspecified atom stereocenters. The van der Waals surface area contributed by atoms with E-state index in [0.717, 1.165) is 49.3 Å². The van der Waals surface area contributed by atoms with Crippen molar-refractivity contribution in [2.24, 2.45) is 4.99 Å². The highest BCUT2D eigenvalue weighted by molar-refractivity contribution is 6.30. The van der Waals surface area contributed by atoms with E-state index in [1.807, 2.05) is 24.4 Å². The number of nitrogens with one attached hydrogen (secondary N) is 1. The molecule has 2 aromatic rings. The first-order valence-electron chi connectivity index (χ1n) is 10.3. The van der Waals surface area contributed by atoms with Gasteiger partial charge in [-0.2, -0.15) is 0 Å². The van der Waals surface area contributed by atoms with E-state index in [1.165, 1.54) is 11.8 Å². The van der Waals surface area contributed by atoms with Crippen LogP contribution in [0.15, 0.2) is 58.2 Å². The summed E-state index contributed by atoms with van der Waals surface area (Å²) in [4.78, 5) is 26.4. The van der Waals surface area contributed by atoms with Gasteiger partial charge in [0.1, 0.15) is 18.2 Å². The van der Waals surface area contributed by atoms with Gasteiger partial charge in [0.15, 0.2) is 5.69 Å². The van der Waals surface area contributed by atoms with Crippen LogP contribution in [-0.2, 0) is 4.74 Å². The fourth-order valence-corrected chi connectivity index (χ4v) is 4.40. The zero-order valence-corrected chi connectivity index (χ0v) is 17.4. The number of aliphatic imine (C=N–C) groups is 1. The van der Waals surface area contributed by atoms with Crippen LogP contribution < -0.4 is 15.2 Å². The minimum Gasteiger partial charge on any atom is -0.495 e. The number of rotatable bonds is 5. The Balaban J connectivity index is 1.10. The number of hydrogen-bond donors (Lipinski definition) is 1. The summed E-state index contributed by atoms with van der Waals surface area (Å²) < 4.78 is 6.06. The predicted molar refractivity (Wildman–Crippen MR) is 120 cm³/mol. The lowest BCUT2D eigenvalue weighted by Gasteiger charge is -2.36. The highest BCUT2D eigenvalue weighted by atomic mass is 35.5. The van der Waals surface area contributed by atoms with E-state index in [1.54, 1.807) is 6.20 Å². The van der Waals surface area contributed by atoms with E-state index in [9.17, 15) is 4.79 Å². The minimum atomic E-state index is -0.0651. The first-order chi connectivity index (χ1) is 14.7. The van der Waals surface area contributed by atoms with Gasteiger partial charge in [0.25, 0.3) is 0 Å². The molecule has 5 rings (SSSR count). The van der Waals surface area contributed by atoms with Crippen molar-refractivity contribution in [2.45, 2.75) is 6.04 Å². The maximum Gasteiger partial charge on any atom is 0.209 e. The van der Waals surface area contributed by atoms with E-state index in [2.05, 4.69) is 36.8 Å². The van der Waals surface area contributed by atoms with Gasteiger partial charge < -0.3 is 19.5 Å². The highest BCUT2D eigenvalue weighted by Gasteiger charge is 2.30. The van der Waals surface area contributed by atoms with Crippen LogP contribution in [0.1, 0.15) is 0 Å². The van der Waals surface area contributed by atoms with Crippen molar-refractivity contribution in [3.8, 4) is 0 Å². The van der Waals surface area contributed by atoms with Crippen LogP contribution in [0.4, 0.5) is 17.2 Å². The molecule has 0 saturated carbocycles. The number of aromatic nitrogens is 1. The molecule has 0 amide bonds. The van der Waals surface area contributed by atoms with Gasteiger partial charge >= 0.3 is 0 Å². The Morgan fingerprint density at radius 3 is 2.90 bits per heavy atom. The third-order valence-electron chi connectivity index (χ3n) is 5.84. The quantitative estimate of drug-likeness (QED) is 0.797. The van der Waals surface area contributed by atoms with Gasteiger partial charge in [0, 0.05) is 61.9 Å². The molecule has 1 N–H and O–H groups in total. The van der Waals surface area contributed by atoms with Crippen molar-refractivity contribution >= 4 is 35.0 Å². The van der Waals surface area contributed by atoms with E-state index in [-0.39, 0.29) is 11.5 Å². The zero-order chi connectivity index (χ0) is 20.5. The van der Waals surface area contributed by atoms with Crippen molar-refractivity contribution in [2.75, 3.05) is 55.7 Å². The average Bonchev–Trinajstić information content (AvgIpc) is 3.18. The molecule has 0 aliphatic carbocycles. The Kier molecular flexibility index (Phi) is 5.23. The Labute approximate surface area is 180 Å². The number of pyridine rings is 1. The summed E-state index contributed by atoms with van der Waals surface area (Å²) in [7, 11) is 0. The van der Waals surface area contributed by atoms with Gasteiger partial charge in [-0.05, 0) is 24.3 Å². The van der Waals surface area contributed by atoms with Gasteiger partial charge in [-0.1, -0.05) is 17.7 Å². The van der Waals surface area contributed by atoms with Crippen molar-refractivity contribution in [3.05, 3.63) is 63.6 Å². The van der Waals surface area contributed by atoms with Gasteiger partial charge in [0.05, 0.1) is 12.6 Å². The fourth-order valence-electron chi connectivity index (χ4n) is 4.22. The molecule has 3 aliphatic heterocycles. The smallest absolute Gasteiger partial charge is 0.209 e. The lowest BCUT2D eigenvalue weighted by molar-refractivity contribution is 0.153. The van der Waals surface area contributed by atoms with Gasteiger partial charge in [0.2, 0.25) is 5.43 Å². The molecule has 0 spiro atoms. The third-order valence-corrected chi connectivity index (χ3v) is 6.07. The van der Waals surface area contributed by atoms with Crippen molar-refractivity contribution in [1.82, 2.24) is 9.88 Å². The summed E-state index contributed by atoms with van der Waals surface area (Å²) in [6, 6.07) is 9.58. The molecule has 0 radical (unpaired) electrons. The number of hydrogen-bond acceptors (Lipinski definition) is 6. The second kappa shape index (κ2) is 8.16. The number of piperazine rings is 1. The Morgan fingerprint density at radius 2 is 2.07 bits per heavy atom. The molecule has 1 aromatic heterocycles. The number of nitrogens with zero attached hydrogens (tertiary/aromatic N) is 4. The predicted octanol–water partition coefficient (Wildman–Crippen LogP) is 2.66. The van der Waals surface area contributed by atoms with Crippen LogP contribution in [0.2, 0.25) is 5.02 Å². The average molecular weight is 426 g/mol. The summed E-state index contributed by atoms with van der Waals surface area (Å²) in [5.41, 5.74) is 1.59. The number of ether oxygens (including phenoxy) is 1. The summed E-state index contributed by atoms with van der Waals surface area (Å²) in [5, 5.41) is 0.779. The monoisotopic (exact) mass is 425 g/mol. The number of fused-ring (bicyclic) bond motifs is 3. The molecule has 3 aliphatic rings. The number of halogens is 1. The van der Waals surface area contributed by atoms with Gasteiger partial charge in [-0.3, -0.25) is 14.7 Å². The lowest BCUT2D eigenvalue weighted by atomic mass is 10.2. The largest absolute Gasteiger partial charge is 0.495 e. The number of H-pyrrole nitrogens is 1. The van der Waals surface area contributed by atoms with Crippen LogP contribution in [0.25, 0.3) is 0 Å². The van der Waals surface area contributed by atoms with Crippen LogP contribution in [0, 0.1) is 0 Å². The Hall–Kier alpha value is -2.77. The van der Waals surface area contributed by atoms with Crippen LogP contribution in [-0.4, -0.2) is 68.0 Å². The normalized spacial score (nSPS) is 20.7. The summed E-state index contributed by atoms with van der Waals surface area (Å²) in [5.74, 6) is 1.70. The van der Waals surface area contributed by atoms with E-state index < -0.39 is 0 Å². The molecule has 1 saturated heterocycles. The lowest BCUT2D eigenvalue weighted by Crippen LogP contribution is -2.47. The molecule has 1 fully saturated rings. The van der Waals surface area contributed by atoms with Gasteiger partial charge in [-0.25, -0.2) is 0 Å². The topological polar surface area (TPSA) is 64.2 Å². The molecule has 4 heterocycles. The van der Waals surface area contributed by atoms with Crippen molar-refractivity contribution in [3.63, 3.8) is 0 Å². The maximum atomic E-state index is 12.0. The molecule has 0 bridgehead atoms. The number of anilines is 2. The molecular weight excluding hydrogens is 402 g/mol. The van der Waals surface area contributed by atoms with Gasteiger partial charge in [-0.15, -0.1) is 0 Å². The molecule has 8 heteroatoms. The van der Waals surface area contributed by atoms with E-state index in [0.29, 0.717) is 18.8 Å². The summed E-state index contributed by atoms with van der Waals surface area (Å²) >= 11 is 6.12. The first kappa shape index (κ1) is 19.2. The Morgan fingerprint density at radius 1 is 1.20 bits per heavy atom. The molecule has 7 nitrogen and oxygen atoms in total. The Bertz CT molecular complexity index is 1040. The summed E-state index contributed by atoms with van der Waals surface area (Å²) in [6.07, 6.45) is 5.55. The van der Waals surface area contributed by atoms with E-state index in [4.69, 9.17) is 16.3 Å². The number of benzene rings is 1. The van der Waals surface area contributed by atoms with Crippen LogP contribution >= 0.6 is 11.6 Å². The zero-order valence-electron chi connectivity index (χ0n) is 16.6. The second-order valence-corrected chi connectivity index (χ2v) is 8.16. The SMILES string of the molecule is O=c1cc[nH]c2c1N=CC1C=C(OCCN3CCN(c4cccc(Cl)c4)CC3)CN21. The fraction of sp³-hybridized carbons (Fsp3) is 0.364. The van der Waals surface area contributed by atoms with E-state index >= 15 is 0 Å². The second-order valence-electron chi connectivity index (χ2n) is 7.73. The maximum absolute atomic E-state index is 12.0. The first-order valence-corrected chi connectivity index (χ1v) is 10.6. The standard InChI is InChI=1S/C22H24ClN5O2/c23-16-2-1-3-17(12-16)27-8-6-26(7-9-27)10-11-30-19-13-18-14-25-21-20(29)4-5-24-22(21)28(18)15-19/h1-5,12-14,18H,6-11,15H2,(H,24,29). The van der Waals surface area contributed by atoms with Crippen molar-refractivity contribution in [1.29, 1.82) is 0 Å². The van der Waals surface area contributed by atoms with Crippen LogP contribution in [0.3, 0.4) is 0 Å². The molecule has 156 valence electrons. The molecule has 30 heavy (non-hydrogen) atoms. The third kappa shape index (κ3) is 3.82. The molecule has 1 aromatic carbocycles. The highest BCUT2D eigenvalue weighted by Crippen LogP contribution is 2.32. The van der Waals surface area contributed by atoms with Crippen molar-refractivity contribution < 1.29 is 4.74 Å². The number of aromatic amines is 1. The van der Waals surface area contributed by atoms with Crippen LogP contribution in [0.5, 0.6) is 0 Å². The minimum absolute atomic E-state index is 0.0341. The molecular formula is C22H24ClN5O2. The molecule has 1 atom stereocenters. The summed E-state index contributed by atoms with van der Waals surface area (Å²) in [6.45, 7) is 6.17.